The molecule has 0 radical (unpaired) electrons. The van der Waals surface area contributed by atoms with Crippen LogP contribution in [0, 0.1) is 5.92 Å². The van der Waals surface area contributed by atoms with E-state index in [-0.39, 0.29) is 12.8 Å². The highest BCUT2D eigenvalue weighted by molar-refractivity contribution is 5.87. The summed E-state index contributed by atoms with van der Waals surface area (Å²) in [6.07, 6.45) is -4.54. The van der Waals surface area contributed by atoms with Crippen molar-refractivity contribution in [3.05, 3.63) is 29.8 Å². The largest absolute Gasteiger partial charge is 0.497 e. The van der Waals surface area contributed by atoms with Gasteiger partial charge < -0.3 is 9.47 Å². The first-order valence-electron chi connectivity index (χ1n) is 6.77. The van der Waals surface area contributed by atoms with Gasteiger partial charge in [0.05, 0.1) is 19.1 Å². The number of ketones is 1. The van der Waals surface area contributed by atoms with Crippen molar-refractivity contribution in [3.63, 3.8) is 0 Å². The average molecular weight is 302 g/mol. The van der Waals surface area contributed by atoms with E-state index in [1.807, 2.05) is 0 Å². The minimum Gasteiger partial charge on any atom is -0.497 e. The molecule has 0 aromatic heterocycles. The summed E-state index contributed by atoms with van der Waals surface area (Å²) in [5, 5.41) is 0. The van der Waals surface area contributed by atoms with Gasteiger partial charge >= 0.3 is 6.18 Å². The van der Waals surface area contributed by atoms with Gasteiger partial charge in [-0.25, -0.2) is 0 Å². The molecule has 1 aromatic rings. The van der Waals surface area contributed by atoms with Crippen molar-refractivity contribution in [2.45, 2.75) is 31.5 Å². The van der Waals surface area contributed by atoms with E-state index in [9.17, 15) is 18.0 Å². The number of halogens is 3. The van der Waals surface area contributed by atoms with Gasteiger partial charge in [0, 0.05) is 6.61 Å². The lowest BCUT2D eigenvalue weighted by atomic mass is 9.86. The van der Waals surface area contributed by atoms with Crippen molar-refractivity contribution >= 4 is 5.78 Å². The molecule has 2 atom stereocenters. The molecule has 1 saturated heterocycles. The second-order valence-corrected chi connectivity index (χ2v) is 5.07. The Morgan fingerprint density at radius 2 is 2.00 bits per heavy atom. The minimum atomic E-state index is -4.80. The molecule has 0 unspecified atom stereocenters. The molecule has 0 bridgehead atoms. The molecule has 0 aliphatic carbocycles. The number of hydrogen-bond donors (Lipinski definition) is 0. The van der Waals surface area contributed by atoms with E-state index in [0.717, 1.165) is 5.56 Å². The van der Waals surface area contributed by atoms with E-state index < -0.39 is 24.0 Å². The van der Waals surface area contributed by atoms with Gasteiger partial charge in [0.25, 0.3) is 0 Å². The van der Waals surface area contributed by atoms with Gasteiger partial charge in [0.2, 0.25) is 5.78 Å². The van der Waals surface area contributed by atoms with Crippen LogP contribution in [0.4, 0.5) is 13.2 Å². The van der Waals surface area contributed by atoms with E-state index in [2.05, 4.69) is 0 Å². The quantitative estimate of drug-likeness (QED) is 0.857. The fourth-order valence-electron chi connectivity index (χ4n) is 2.55. The van der Waals surface area contributed by atoms with Crippen LogP contribution in [0.3, 0.4) is 0 Å². The maximum atomic E-state index is 12.6. The summed E-state index contributed by atoms with van der Waals surface area (Å²) in [6, 6.07) is 7.01. The summed E-state index contributed by atoms with van der Waals surface area (Å²) in [5.41, 5.74) is 0.822. The number of rotatable bonds is 4. The number of alkyl halides is 3. The summed E-state index contributed by atoms with van der Waals surface area (Å²) >= 11 is 0. The minimum absolute atomic E-state index is 0.221. The lowest BCUT2D eigenvalue weighted by molar-refractivity contribution is -0.183. The number of Topliss-reactive ketones (excluding diaryl/α,β-unsaturated/α-hetero) is 1. The Hall–Kier alpha value is -1.56. The van der Waals surface area contributed by atoms with Gasteiger partial charge in [-0.3, -0.25) is 4.79 Å². The third-order valence-electron chi connectivity index (χ3n) is 3.65. The number of carbonyl (C=O) groups excluding carboxylic acids is 1. The maximum absolute atomic E-state index is 12.6. The van der Waals surface area contributed by atoms with Crippen molar-refractivity contribution < 1.29 is 27.4 Å². The summed E-state index contributed by atoms with van der Waals surface area (Å²) in [6.45, 7) is 0.391. The van der Waals surface area contributed by atoms with Crippen molar-refractivity contribution in [3.8, 4) is 5.75 Å². The normalized spacial score (nSPS) is 22.9. The first-order valence-corrected chi connectivity index (χ1v) is 6.77. The Kier molecular flexibility index (Phi) is 4.88. The Labute approximate surface area is 121 Å². The highest BCUT2D eigenvalue weighted by atomic mass is 19.4. The van der Waals surface area contributed by atoms with E-state index in [4.69, 9.17) is 9.47 Å². The first-order chi connectivity index (χ1) is 9.91. The molecule has 0 spiro atoms. The molecular formula is C15H17F3O3. The zero-order valence-corrected chi connectivity index (χ0v) is 11.7. The second-order valence-electron chi connectivity index (χ2n) is 5.07. The summed E-state index contributed by atoms with van der Waals surface area (Å²) in [4.78, 5) is 11.5. The van der Waals surface area contributed by atoms with Gasteiger partial charge in [-0.15, -0.1) is 0 Å². The topological polar surface area (TPSA) is 35.5 Å². The highest BCUT2D eigenvalue weighted by Crippen LogP contribution is 2.31. The van der Waals surface area contributed by atoms with Gasteiger partial charge in [-0.05, 0) is 37.0 Å². The zero-order chi connectivity index (χ0) is 15.5. The number of methoxy groups -OCH3 is 1. The van der Waals surface area contributed by atoms with Crippen molar-refractivity contribution in [2.75, 3.05) is 13.7 Å². The molecule has 1 aliphatic rings. The molecule has 1 fully saturated rings. The molecule has 21 heavy (non-hydrogen) atoms. The van der Waals surface area contributed by atoms with Gasteiger partial charge in [-0.1, -0.05) is 12.1 Å². The lowest BCUT2D eigenvalue weighted by Crippen LogP contribution is -2.42. The van der Waals surface area contributed by atoms with E-state index in [0.29, 0.717) is 18.8 Å². The van der Waals surface area contributed by atoms with E-state index in [1.165, 1.54) is 7.11 Å². The SMILES string of the molecule is COc1ccc(C[C@@H]2OCCC[C@H]2C(=O)C(F)(F)F)cc1. The molecule has 116 valence electrons. The van der Waals surface area contributed by atoms with Crippen LogP contribution in [0.15, 0.2) is 24.3 Å². The fraction of sp³-hybridized carbons (Fsp3) is 0.533. The predicted molar refractivity (Wildman–Crippen MR) is 70.2 cm³/mol. The van der Waals surface area contributed by atoms with Gasteiger partial charge in [0.15, 0.2) is 0 Å². The summed E-state index contributed by atoms with van der Waals surface area (Å²) in [7, 11) is 1.54. The Morgan fingerprint density at radius 3 is 2.57 bits per heavy atom. The Bertz CT molecular complexity index is 482. The number of hydrogen-bond acceptors (Lipinski definition) is 3. The van der Waals surface area contributed by atoms with Crippen LogP contribution in [0.5, 0.6) is 5.75 Å². The van der Waals surface area contributed by atoms with Gasteiger partial charge in [0.1, 0.15) is 5.75 Å². The molecule has 6 heteroatoms. The molecule has 0 N–H and O–H groups in total. The van der Waals surface area contributed by atoms with Crippen LogP contribution in [0.1, 0.15) is 18.4 Å². The molecule has 0 amide bonds. The maximum Gasteiger partial charge on any atom is 0.450 e. The third-order valence-corrected chi connectivity index (χ3v) is 3.65. The van der Waals surface area contributed by atoms with Crippen LogP contribution in [0.25, 0.3) is 0 Å². The Morgan fingerprint density at radius 1 is 1.33 bits per heavy atom. The number of carbonyl (C=O) groups is 1. The van der Waals surface area contributed by atoms with Crippen LogP contribution in [-0.4, -0.2) is 31.8 Å². The van der Waals surface area contributed by atoms with Crippen molar-refractivity contribution in [1.82, 2.24) is 0 Å². The number of benzene rings is 1. The average Bonchev–Trinajstić information content (AvgIpc) is 2.47. The van der Waals surface area contributed by atoms with Gasteiger partial charge in [-0.2, -0.15) is 13.2 Å². The second kappa shape index (κ2) is 6.47. The third kappa shape index (κ3) is 3.97. The van der Waals surface area contributed by atoms with Crippen molar-refractivity contribution in [1.29, 1.82) is 0 Å². The van der Waals surface area contributed by atoms with Crippen LogP contribution in [-0.2, 0) is 16.0 Å². The number of ether oxygens (including phenoxy) is 2. The predicted octanol–water partition coefficient (Wildman–Crippen LogP) is 3.16. The fourth-order valence-corrected chi connectivity index (χ4v) is 2.55. The molecule has 0 saturated carbocycles. The molecular weight excluding hydrogens is 285 g/mol. The molecule has 2 rings (SSSR count). The van der Waals surface area contributed by atoms with Crippen LogP contribution in [0.2, 0.25) is 0 Å². The van der Waals surface area contributed by atoms with Crippen molar-refractivity contribution in [2.24, 2.45) is 5.92 Å². The van der Waals surface area contributed by atoms with Crippen LogP contribution < -0.4 is 4.74 Å². The monoisotopic (exact) mass is 302 g/mol. The molecule has 1 aromatic carbocycles. The summed E-state index contributed by atoms with van der Waals surface area (Å²) < 4.78 is 48.3. The Balaban J connectivity index is 2.09. The van der Waals surface area contributed by atoms with Crippen LogP contribution >= 0.6 is 0 Å². The molecule has 1 aliphatic heterocycles. The smallest absolute Gasteiger partial charge is 0.450 e. The first kappa shape index (κ1) is 15.8. The van der Waals surface area contributed by atoms with E-state index >= 15 is 0 Å². The highest BCUT2D eigenvalue weighted by Gasteiger charge is 2.47. The lowest BCUT2D eigenvalue weighted by Gasteiger charge is -2.31. The summed E-state index contributed by atoms with van der Waals surface area (Å²) in [5.74, 6) is -2.12. The molecule has 3 nitrogen and oxygen atoms in total. The molecule has 1 heterocycles. The standard InChI is InChI=1S/C15H17F3O3/c1-20-11-6-4-10(5-7-11)9-13-12(3-2-8-21-13)14(19)15(16,17)18/h4-7,12-13H,2-3,8-9H2,1H3/t12-,13+/m1/s1. The zero-order valence-electron chi connectivity index (χ0n) is 11.7. The van der Waals surface area contributed by atoms with E-state index in [1.54, 1.807) is 24.3 Å².